The number of hydrogen-bond acceptors (Lipinski definition) is 5. The molecule has 1 amide bonds. The zero-order valence-corrected chi connectivity index (χ0v) is 18.7. The summed E-state index contributed by atoms with van der Waals surface area (Å²) in [7, 11) is 0. The van der Waals surface area contributed by atoms with Gasteiger partial charge in [0.1, 0.15) is 16.4 Å². The minimum atomic E-state index is -0.202. The Hall–Kier alpha value is -3.45. The maximum absolute atomic E-state index is 12.7. The molecule has 2 aromatic carbocycles. The molecule has 7 heteroatoms. The van der Waals surface area contributed by atoms with E-state index in [2.05, 4.69) is 15.3 Å². The Morgan fingerprint density at radius 3 is 2.53 bits per heavy atom. The van der Waals surface area contributed by atoms with Gasteiger partial charge in [0.15, 0.2) is 0 Å². The summed E-state index contributed by atoms with van der Waals surface area (Å²) >= 11 is 1.27. The van der Waals surface area contributed by atoms with Crippen molar-refractivity contribution >= 4 is 27.5 Å². The summed E-state index contributed by atoms with van der Waals surface area (Å²) in [6.07, 6.45) is 2.18. The predicted octanol–water partition coefficient (Wildman–Crippen LogP) is 4.47. The number of thiophene rings is 1. The number of hydrogen-bond donors (Lipinski definition) is 2. The Balaban J connectivity index is 1.35. The van der Waals surface area contributed by atoms with Crippen LogP contribution in [0.3, 0.4) is 0 Å². The topological polar surface area (TPSA) is 84.1 Å². The standard InChI is InChI=1S/C25H25N3O3S/c1-17-21-23(29)27-20(16-18-10-4-2-5-11-18)28-25(21)32-22(17)24(30)26-14-8-9-15-31-19-12-6-3-7-13-19/h2-7,10-13H,8-9,14-16H2,1H3,(H,26,30)(H,27,28,29). The van der Waals surface area contributed by atoms with Crippen LogP contribution in [-0.4, -0.2) is 29.0 Å². The first-order valence-corrected chi connectivity index (χ1v) is 11.5. The maximum atomic E-state index is 12.7. The number of amides is 1. The summed E-state index contributed by atoms with van der Waals surface area (Å²) in [6, 6.07) is 19.5. The van der Waals surface area contributed by atoms with Gasteiger partial charge >= 0.3 is 0 Å². The monoisotopic (exact) mass is 447 g/mol. The highest BCUT2D eigenvalue weighted by molar-refractivity contribution is 7.20. The molecular weight excluding hydrogens is 422 g/mol. The van der Waals surface area contributed by atoms with Gasteiger partial charge < -0.3 is 15.0 Å². The van der Waals surface area contributed by atoms with Gasteiger partial charge in [0.2, 0.25) is 0 Å². The van der Waals surface area contributed by atoms with Gasteiger partial charge in [-0.05, 0) is 43.0 Å². The summed E-state index contributed by atoms with van der Waals surface area (Å²) in [5.41, 5.74) is 1.54. The molecule has 0 saturated carbocycles. The Morgan fingerprint density at radius 2 is 1.78 bits per heavy atom. The quantitative estimate of drug-likeness (QED) is 0.371. The van der Waals surface area contributed by atoms with Crippen molar-refractivity contribution < 1.29 is 9.53 Å². The van der Waals surface area contributed by atoms with E-state index in [4.69, 9.17) is 4.74 Å². The van der Waals surface area contributed by atoms with Crippen molar-refractivity contribution in [2.24, 2.45) is 0 Å². The van der Waals surface area contributed by atoms with E-state index in [0.29, 0.717) is 46.1 Å². The number of unbranched alkanes of at least 4 members (excludes halogenated alkanes) is 1. The smallest absolute Gasteiger partial charge is 0.261 e. The van der Waals surface area contributed by atoms with E-state index in [9.17, 15) is 9.59 Å². The number of H-pyrrole nitrogens is 1. The number of aromatic nitrogens is 2. The van der Waals surface area contributed by atoms with Gasteiger partial charge in [0, 0.05) is 13.0 Å². The highest BCUT2D eigenvalue weighted by Crippen LogP contribution is 2.27. The van der Waals surface area contributed by atoms with Gasteiger partial charge in [-0.25, -0.2) is 4.98 Å². The van der Waals surface area contributed by atoms with Gasteiger partial charge in [0.25, 0.3) is 11.5 Å². The Kier molecular flexibility index (Phi) is 6.97. The third-order valence-electron chi connectivity index (χ3n) is 5.14. The fourth-order valence-corrected chi connectivity index (χ4v) is 4.61. The third kappa shape index (κ3) is 5.23. The Bertz CT molecular complexity index is 1250. The molecule has 2 heterocycles. The number of rotatable bonds is 9. The summed E-state index contributed by atoms with van der Waals surface area (Å²) in [4.78, 5) is 34.0. The molecule has 0 aliphatic heterocycles. The van der Waals surface area contributed by atoms with Crippen LogP contribution in [-0.2, 0) is 6.42 Å². The van der Waals surface area contributed by atoms with Crippen molar-refractivity contribution in [3.05, 3.63) is 92.8 Å². The first-order valence-electron chi connectivity index (χ1n) is 10.6. The van der Waals surface area contributed by atoms with Crippen molar-refractivity contribution in [2.45, 2.75) is 26.2 Å². The number of aromatic amines is 1. The molecule has 2 N–H and O–H groups in total. The molecule has 0 fully saturated rings. The number of aryl methyl sites for hydroxylation is 1. The van der Waals surface area contributed by atoms with Gasteiger partial charge in [-0.15, -0.1) is 11.3 Å². The first-order chi connectivity index (χ1) is 15.6. The van der Waals surface area contributed by atoms with Crippen molar-refractivity contribution in [3.8, 4) is 5.75 Å². The Morgan fingerprint density at radius 1 is 1.06 bits per heavy atom. The minimum Gasteiger partial charge on any atom is -0.494 e. The van der Waals surface area contributed by atoms with Crippen molar-refractivity contribution in [3.63, 3.8) is 0 Å². The van der Waals surface area contributed by atoms with Crippen LogP contribution >= 0.6 is 11.3 Å². The van der Waals surface area contributed by atoms with E-state index < -0.39 is 0 Å². The van der Waals surface area contributed by atoms with Gasteiger partial charge in [0.05, 0.1) is 16.9 Å². The zero-order valence-electron chi connectivity index (χ0n) is 17.9. The third-order valence-corrected chi connectivity index (χ3v) is 6.32. The predicted molar refractivity (Wildman–Crippen MR) is 128 cm³/mol. The number of nitrogens with one attached hydrogen (secondary N) is 2. The van der Waals surface area contributed by atoms with Gasteiger partial charge in [-0.2, -0.15) is 0 Å². The molecule has 0 unspecified atom stereocenters. The first kappa shape index (κ1) is 21.8. The molecule has 4 aromatic rings. The number of para-hydroxylation sites is 1. The molecule has 4 rings (SSSR count). The SMILES string of the molecule is Cc1c(C(=O)NCCCCOc2ccccc2)sc2nc(Cc3ccccc3)[nH]c(=O)c12. The number of carbonyl (C=O) groups excluding carboxylic acids is 1. The molecule has 2 aromatic heterocycles. The Labute approximate surface area is 190 Å². The van der Waals surface area contributed by atoms with Crippen LogP contribution in [0.2, 0.25) is 0 Å². The van der Waals surface area contributed by atoms with Crippen molar-refractivity contribution in [2.75, 3.05) is 13.2 Å². The molecule has 6 nitrogen and oxygen atoms in total. The molecule has 0 aliphatic carbocycles. The summed E-state index contributed by atoms with van der Waals surface area (Å²) in [6.45, 7) is 2.95. The summed E-state index contributed by atoms with van der Waals surface area (Å²) in [5.74, 6) is 1.28. The van der Waals surface area contributed by atoms with E-state index in [1.807, 2.05) is 60.7 Å². The van der Waals surface area contributed by atoms with Crippen molar-refractivity contribution in [1.82, 2.24) is 15.3 Å². The largest absolute Gasteiger partial charge is 0.494 e. The maximum Gasteiger partial charge on any atom is 0.261 e. The van der Waals surface area contributed by atoms with Crippen LogP contribution in [0.4, 0.5) is 0 Å². The number of benzene rings is 2. The fourth-order valence-electron chi connectivity index (χ4n) is 3.49. The second-order valence-electron chi connectivity index (χ2n) is 7.54. The summed E-state index contributed by atoms with van der Waals surface area (Å²) < 4.78 is 5.67. The number of nitrogens with zero attached hydrogens (tertiary/aromatic N) is 1. The van der Waals surface area contributed by atoms with Crippen molar-refractivity contribution in [1.29, 1.82) is 0 Å². The highest BCUT2D eigenvalue weighted by atomic mass is 32.1. The normalized spacial score (nSPS) is 10.9. The van der Waals surface area contributed by atoms with Gasteiger partial charge in [-0.3, -0.25) is 9.59 Å². The van der Waals surface area contributed by atoms with Crippen LogP contribution in [0.1, 0.15) is 39.5 Å². The fraction of sp³-hybridized carbons (Fsp3) is 0.240. The number of fused-ring (bicyclic) bond motifs is 1. The van der Waals surface area contributed by atoms with Crippen LogP contribution in [0, 0.1) is 6.92 Å². The lowest BCUT2D eigenvalue weighted by atomic mass is 10.1. The van der Waals surface area contributed by atoms with Crippen LogP contribution in [0.15, 0.2) is 65.5 Å². The lowest BCUT2D eigenvalue weighted by Crippen LogP contribution is -2.24. The van der Waals surface area contributed by atoms with E-state index in [1.54, 1.807) is 6.92 Å². The molecule has 0 saturated heterocycles. The van der Waals surface area contributed by atoms with E-state index >= 15 is 0 Å². The summed E-state index contributed by atoms with van der Waals surface area (Å²) in [5, 5.41) is 3.44. The lowest BCUT2D eigenvalue weighted by Gasteiger charge is -2.07. The molecule has 0 aliphatic rings. The zero-order chi connectivity index (χ0) is 22.3. The van der Waals surface area contributed by atoms with Crippen LogP contribution in [0.5, 0.6) is 5.75 Å². The van der Waals surface area contributed by atoms with E-state index in [-0.39, 0.29) is 11.5 Å². The molecule has 0 radical (unpaired) electrons. The molecule has 0 atom stereocenters. The molecule has 164 valence electrons. The second kappa shape index (κ2) is 10.2. The number of carbonyl (C=O) groups is 1. The van der Waals surface area contributed by atoms with Gasteiger partial charge in [-0.1, -0.05) is 48.5 Å². The lowest BCUT2D eigenvalue weighted by molar-refractivity contribution is 0.0956. The molecule has 0 bridgehead atoms. The average molecular weight is 448 g/mol. The van der Waals surface area contributed by atoms with Crippen LogP contribution < -0.4 is 15.6 Å². The highest BCUT2D eigenvalue weighted by Gasteiger charge is 2.19. The molecule has 32 heavy (non-hydrogen) atoms. The van der Waals surface area contributed by atoms with E-state index in [1.165, 1.54) is 11.3 Å². The second-order valence-corrected chi connectivity index (χ2v) is 8.53. The molecule has 0 spiro atoms. The van der Waals surface area contributed by atoms with E-state index in [0.717, 1.165) is 24.2 Å². The minimum absolute atomic E-state index is 0.168. The number of ether oxygens (including phenoxy) is 1. The molecular formula is C25H25N3O3S. The average Bonchev–Trinajstić information content (AvgIpc) is 3.14. The van der Waals surface area contributed by atoms with Crippen LogP contribution in [0.25, 0.3) is 10.2 Å².